The molecule has 1 aliphatic carbocycles. The molecule has 90 valence electrons. The molecule has 0 unspecified atom stereocenters. The lowest BCUT2D eigenvalue weighted by Gasteiger charge is -2.22. The van der Waals surface area contributed by atoms with Gasteiger partial charge in [0.1, 0.15) is 11.8 Å². The van der Waals surface area contributed by atoms with Crippen LogP contribution < -0.4 is 4.90 Å². The van der Waals surface area contributed by atoms with E-state index in [1.54, 1.807) is 6.07 Å². The maximum atomic E-state index is 8.94. The maximum absolute atomic E-state index is 8.94. The first-order chi connectivity index (χ1) is 8.24. The number of aryl methyl sites for hydroxylation is 1. The SMILES string of the molecule is CCCCN(c1nc(C)cc(C#N)n1)C1CC1. The van der Waals surface area contributed by atoms with Gasteiger partial charge < -0.3 is 4.90 Å². The van der Waals surface area contributed by atoms with Crippen molar-refractivity contribution in [3.63, 3.8) is 0 Å². The van der Waals surface area contributed by atoms with Gasteiger partial charge in [-0.15, -0.1) is 0 Å². The second kappa shape index (κ2) is 5.13. The standard InChI is InChI=1S/C13H18N4/c1-3-4-7-17(12-5-6-12)13-15-10(2)8-11(9-14)16-13/h8,12H,3-7H2,1-2H3. The second-order valence-electron chi connectivity index (χ2n) is 4.58. The summed E-state index contributed by atoms with van der Waals surface area (Å²) in [4.78, 5) is 11.0. The average molecular weight is 230 g/mol. The lowest BCUT2D eigenvalue weighted by Crippen LogP contribution is -2.29. The predicted octanol–water partition coefficient (Wildman–Crippen LogP) is 2.43. The van der Waals surface area contributed by atoms with E-state index in [1.807, 2.05) is 6.92 Å². The van der Waals surface area contributed by atoms with E-state index in [1.165, 1.54) is 19.3 Å². The average Bonchev–Trinajstić information content (AvgIpc) is 3.13. The fourth-order valence-electron chi connectivity index (χ4n) is 1.90. The van der Waals surface area contributed by atoms with E-state index in [0.717, 1.165) is 24.6 Å². The Labute approximate surface area is 102 Å². The van der Waals surface area contributed by atoms with Crippen LogP contribution in [0, 0.1) is 18.3 Å². The van der Waals surface area contributed by atoms with Crippen LogP contribution in [0.4, 0.5) is 5.95 Å². The van der Waals surface area contributed by atoms with E-state index in [9.17, 15) is 0 Å². The van der Waals surface area contributed by atoms with Crippen LogP contribution in [0.3, 0.4) is 0 Å². The van der Waals surface area contributed by atoms with Crippen molar-refractivity contribution in [3.8, 4) is 6.07 Å². The first-order valence-corrected chi connectivity index (χ1v) is 6.27. The quantitative estimate of drug-likeness (QED) is 0.779. The molecule has 4 heteroatoms. The van der Waals surface area contributed by atoms with Crippen LogP contribution in [0.1, 0.15) is 44.0 Å². The number of nitrogens with zero attached hydrogens (tertiary/aromatic N) is 4. The molecule has 0 aliphatic heterocycles. The zero-order chi connectivity index (χ0) is 12.3. The van der Waals surface area contributed by atoms with E-state index >= 15 is 0 Å². The largest absolute Gasteiger partial charge is 0.338 e. The third-order valence-corrected chi connectivity index (χ3v) is 2.95. The first-order valence-electron chi connectivity index (χ1n) is 6.27. The molecule has 0 saturated heterocycles. The Balaban J connectivity index is 2.22. The molecule has 1 aliphatic rings. The third kappa shape index (κ3) is 2.94. The van der Waals surface area contributed by atoms with E-state index in [2.05, 4.69) is 27.9 Å². The fraction of sp³-hybridized carbons (Fsp3) is 0.615. The summed E-state index contributed by atoms with van der Waals surface area (Å²) in [6.07, 6.45) is 4.77. The van der Waals surface area contributed by atoms with Gasteiger partial charge >= 0.3 is 0 Å². The second-order valence-corrected chi connectivity index (χ2v) is 4.58. The topological polar surface area (TPSA) is 52.8 Å². The number of aromatic nitrogens is 2. The van der Waals surface area contributed by atoms with Gasteiger partial charge in [-0.05, 0) is 32.3 Å². The zero-order valence-electron chi connectivity index (χ0n) is 10.5. The molecule has 1 fully saturated rings. The molecule has 0 bridgehead atoms. The first kappa shape index (κ1) is 11.8. The normalized spacial score (nSPS) is 14.4. The van der Waals surface area contributed by atoms with Crippen LogP contribution in [-0.4, -0.2) is 22.6 Å². The highest BCUT2D eigenvalue weighted by Crippen LogP contribution is 2.30. The van der Waals surface area contributed by atoms with Crippen LogP contribution in [0.25, 0.3) is 0 Å². The summed E-state index contributed by atoms with van der Waals surface area (Å²) in [6.45, 7) is 5.09. The van der Waals surface area contributed by atoms with Crippen molar-refractivity contribution in [2.45, 2.75) is 45.6 Å². The molecule has 0 N–H and O–H groups in total. The number of anilines is 1. The van der Waals surface area contributed by atoms with E-state index in [4.69, 9.17) is 5.26 Å². The van der Waals surface area contributed by atoms with Gasteiger partial charge in [0.15, 0.2) is 0 Å². The van der Waals surface area contributed by atoms with Crippen molar-refractivity contribution >= 4 is 5.95 Å². The molecule has 4 nitrogen and oxygen atoms in total. The summed E-state index contributed by atoms with van der Waals surface area (Å²) in [5, 5.41) is 8.94. The van der Waals surface area contributed by atoms with E-state index in [0.29, 0.717) is 11.7 Å². The van der Waals surface area contributed by atoms with Gasteiger partial charge in [-0.3, -0.25) is 0 Å². The minimum absolute atomic E-state index is 0.467. The summed E-state index contributed by atoms with van der Waals surface area (Å²) in [5.41, 5.74) is 1.34. The van der Waals surface area contributed by atoms with Crippen LogP contribution in [-0.2, 0) is 0 Å². The van der Waals surface area contributed by atoms with Crippen molar-refractivity contribution in [2.75, 3.05) is 11.4 Å². The van der Waals surface area contributed by atoms with Crippen molar-refractivity contribution in [1.29, 1.82) is 5.26 Å². The number of hydrogen-bond acceptors (Lipinski definition) is 4. The van der Waals surface area contributed by atoms with E-state index < -0.39 is 0 Å². The Morgan fingerprint density at radius 3 is 2.82 bits per heavy atom. The molecule has 0 radical (unpaired) electrons. The van der Waals surface area contributed by atoms with Crippen molar-refractivity contribution < 1.29 is 0 Å². The van der Waals surface area contributed by atoms with Gasteiger partial charge in [0, 0.05) is 18.3 Å². The summed E-state index contributed by atoms with van der Waals surface area (Å²) < 4.78 is 0. The van der Waals surface area contributed by atoms with Crippen molar-refractivity contribution in [1.82, 2.24) is 9.97 Å². The number of hydrogen-bond donors (Lipinski definition) is 0. The van der Waals surface area contributed by atoms with Gasteiger partial charge in [-0.2, -0.15) is 5.26 Å². The minimum atomic E-state index is 0.467. The Kier molecular flexibility index (Phi) is 3.58. The molecule has 1 aromatic rings. The monoisotopic (exact) mass is 230 g/mol. The van der Waals surface area contributed by atoms with Crippen LogP contribution in [0.5, 0.6) is 0 Å². The number of unbranched alkanes of at least 4 members (excludes halogenated alkanes) is 1. The molecule has 2 rings (SSSR count). The molecule has 0 amide bonds. The third-order valence-electron chi connectivity index (χ3n) is 2.95. The molecule has 0 spiro atoms. The Hall–Kier alpha value is -1.63. The Bertz CT molecular complexity index is 432. The van der Waals surface area contributed by atoms with Crippen molar-refractivity contribution in [3.05, 3.63) is 17.5 Å². The van der Waals surface area contributed by atoms with Gasteiger partial charge in [0.2, 0.25) is 5.95 Å². The summed E-state index contributed by atoms with van der Waals surface area (Å²) in [5.74, 6) is 0.734. The fourth-order valence-corrected chi connectivity index (χ4v) is 1.90. The van der Waals surface area contributed by atoms with E-state index in [-0.39, 0.29) is 0 Å². The Morgan fingerprint density at radius 1 is 1.47 bits per heavy atom. The summed E-state index contributed by atoms with van der Waals surface area (Å²) >= 11 is 0. The zero-order valence-corrected chi connectivity index (χ0v) is 10.5. The summed E-state index contributed by atoms with van der Waals surface area (Å²) in [7, 11) is 0. The van der Waals surface area contributed by atoms with Gasteiger partial charge in [-0.1, -0.05) is 13.3 Å². The van der Waals surface area contributed by atoms with Crippen molar-refractivity contribution in [2.24, 2.45) is 0 Å². The Morgan fingerprint density at radius 2 is 2.24 bits per heavy atom. The molecule has 17 heavy (non-hydrogen) atoms. The maximum Gasteiger partial charge on any atom is 0.227 e. The highest BCUT2D eigenvalue weighted by atomic mass is 15.3. The smallest absolute Gasteiger partial charge is 0.227 e. The summed E-state index contributed by atoms with van der Waals surface area (Å²) in [6, 6.07) is 4.42. The molecule has 0 atom stereocenters. The number of nitriles is 1. The molecule has 1 aromatic heterocycles. The van der Waals surface area contributed by atoms with Gasteiger partial charge in [0.05, 0.1) is 0 Å². The molecule has 1 saturated carbocycles. The van der Waals surface area contributed by atoms with Crippen LogP contribution >= 0.6 is 0 Å². The van der Waals surface area contributed by atoms with Crippen LogP contribution in [0.2, 0.25) is 0 Å². The molecule has 0 aromatic carbocycles. The molecular weight excluding hydrogens is 212 g/mol. The predicted molar refractivity (Wildman–Crippen MR) is 66.8 cm³/mol. The van der Waals surface area contributed by atoms with Crippen LogP contribution in [0.15, 0.2) is 6.07 Å². The minimum Gasteiger partial charge on any atom is -0.338 e. The van der Waals surface area contributed by atoms with Gasteiger partial charge in [0.25, 0.3) is 0 Å². The molecule has 1 heterocycles. The highest BCUT2D eigenvalue weighted by Gasteiger charge is 2.30. The lowest BCUT2D eigenvalue weighted by atomic mass is 10.3. The lowest BCUT2D eigenvalue weighted by molar-refractivity contribution is 0.692. The highest BCUT2D eigenvalue weighted by molar-refractivity contribution is 5.38. The molecular formula is C13H18N4. The van der Waals surface area contributed by atoms with Gasteiger partial charge in [-0.25, -0.2) is 9.97 Å². The number of rotatable bonds is 5.